The molecule has 1 fully saturated rings. The second-order valence-electron chi connectivity index (χ2n) is 3.93. The first-order chi connectivity index (χ1) is 6.46. The summed E-state index contributed by atoms with van der Waals surface area (Å²) >= 11 is 0. The molecular weight excluding hydrogens is 182 g/mol. The van der Waals surface area contributed by atoms with Gasteiger partial charge in [-0.3, -0.25) is 0 Å². The lowest BCUT2D eigenvalue weighted by Crippen LogP contribution is -2.31. The molecule has 0 aliphatic carbocycles. The van der Waals surface area contributed by atoms with Gasteiger partial charge in [-0.25, -0.2) is 4.79 Å². The van der Waals surface area contributed by atoms with Crippen LogP contribution in [0.25, 0.3) is 0 Å². The SMILES string of the molecule is CC1(C)CC(=C(C#N)C(=O)O)CCO1. The van der Waals surface area contributed by atoms with Crippen LogP contribution in [0.2, 0.25) is 0 Å². The van der Waals surface area contributed by atoms with Gasteiger partial charge in [0.1, 0.15) is 11.6 Å². The highest BCUT2D eigenvalue weighted by molar-refractivity contribution is 5.92. The van der Waals surface area contributed by atoms with Crippen LogP contribution in [0.1, 0.15) is 26.7 Å². The van der Waals surface area contributed by atoms with Crippen LogP contribution in [0.4, 0.5) is 0 Å². The lowest BCUT2D eigenvalue weighted by atomic mass is 9.90. The normalized spacial score (nSPS) is 23.8. The Morgan fingerprint density at radius 1 is 1.64 bits per heavy atom. The highest BCUT2D eigenvalue weighted by Gasteiger charge is 2.28. The van der Waals surface area contributed by atoms with Gasteiger partial charge in [0, 0.05) is 0 Å². The number of nitriles is 1. The molecular formula is C10H13NO3. The highest BCUT2D eigenvalue weighted by Crippen LogP contribution is 2.29. The van der Waals surface area contributed by atoms with Crippen molar-refractivity contribution in [1.82, 2.24) is 0 Å². The average Bonchev–Trinajstić information content (AvgIpc) is 2.02. The minimum atomic E-state index is -1.14. The predicted octanol–water partition coefficient (Wildman–Crippen LogP) is 1.48. The van der Waals surface area contributed by atoms with Crippen molar-refractivity contribution in [3.05, 3.63) is 11.1 Å². The van der Waals surface area contributed by atoms with E-state index < -0.39 is 5.97 Å². The van der Waals surface area contributed by atoms with Gasteiger partial charge in [-0.15, -0.1) is 0 Å². The second kappa shape index (κ2) is 3.81. The van der Waals surface area contributed by atoms with Crippen LogP contribution >= 0.6 is 0 Å². The van der Waals surface area contributed by atoms with Crippen LogP contribution in [0.15, 0.2) is 11.1 Å². The Kier molecular flexibility index (Phi) is 2.92. The number of nitrogens with zero attached hydrogens (tertiary/aromatic N) is 1. The molecule has 0 bridgehead atoms. The number of carbonyl (C=O) groups is 1. The molecule has 0 atom stereocenters. The molecule has 0 radical (unpaired) electrons. The molecule has 0 saturated carbocycles. The smallest absolute Gasteiger partial charge is 0.346 e. The molecule has 1 N–H and O–H groups in total. The zero-order valence-electron chi connectivity index (χ0n) is 8.33. The number of rotatable bonds is 1. The minimum absolute atomic E-state index is 0.124. The lowest BCUT2D eigenvalue weighted by Gasteiger charge is -2.31. The first-order valence-electron chi connectivity index (χ1n) is 4.45. The number of aliphatic carboxylic acids is 1. The van der Waals surface area contributed by atoms with Crippen molar-refractivity contribution in [3.8, 4) is 6.07 Å². The summed E-state index contributed by atoms with van der Waals surface area (Å²) in [5, 5.41) is 17.5. The van der Waals surface area contributed by atoms with Gasteiger partial charge >= 0.3 is 5.97 Å². The first-order valence-corrected chi connectivity index (χ1v) is 4.45. The topological polar surface area (TPSA) is 70.3 Å². The summed E-state index contributed by atoms with van der Waals surface area (Å²) in [5.41, 5.74) is 0.211. The fraction of sp³-hybridized carbons (Fsp3) is 0.600. The van der Waals surface area contributed by atoms with Gasteiger partial charge in [0.25, 0.3) is 0 Å². The maximum absolute atomic E-state index is 10.7. The summed E-state index contributed by atoms with van der Waals surface area (Å²) in [6.45, 7) is 4.27. The Balaban J connectivity index is 2.97. The van der Waals surface area contributed by atoms with Gasteiger partial charge < -0.3 is 9.84 Å². The lowest BCUT2D eigenvalue weighted by molar-refractivity contribution is -0.132. The number of carboxylic acids is 1. The molecule has 14 heavy (non-hydrogen) atoms. The molecule has 0 unspecified atom stereocenters. The van der Waals surface area contributed by atoms with E-state index in [0.717, 1.165) is 0 Å². The Hall–Kier alpha value is -1.34. The van der Waals surface area contributed by atoms with Crippen LogP contribution < -0.4 is 0 Å². The van der Waals surface area contributed by atoms with E-state index in [0.29, 0.717) is 25.0 Å². The van der Waals surface area contributed by atoms with Crippen LogP contribution in [0, 0.1) is 11.3 Å². The van der Waals surface area contributed by atoms with Gasteiger partial charge in [0.2, 0.25) is 0 Å². The fourth-order valence-corrected chi connectivity index (χ4v) is 1.60. The summed E-state index contributed by atoms with van der Waals surface area (Å²) in [5.74, 6) is -1.14. The molecule has 4 nitrogen and oxygen atoms in total. The number of hydrogen-bond acceptors (Lipinski definition) is 3. The van der Waals surface area contributed by atoms with Gasteiger partial charge in [-0.1, -0.05) is 0 Å². The van der Waals surface area contributed by atoms with E-state index in [2.05, 4.69) is 0 Å². The quantitative estimate of drug-likeness (QED) is 0.508. The van der Waals surface area contributed by atoms with E-state index in [1.165, 1.54) is 0 Å². The molecule has 1 heterocycles. The number of carboxylic acid groups (broad SMARTS) is 1. The van der Waals surface area contributed by atoms with Crippen molar-refractivity contribution in [3.63, 3.8) is 0 Å². The zero-order chi connectivity index (χ0) is 10.8. The Morgan fingerprint density at radius 3 is 2.71 bits per heavy atom. The predicted molar refractivity (Wildman–Crippen MR) is 49.5 cm³/mol. The monoisotopic (exact) mass is 195 g/mol. The van der Waals surface area contributed by atoms with Crippen molar-refractivity contribution >= 4 is 5.97 Å². The maximum Gasteiger partial charge on any atom is 0.346 e. The molecule has 0 spiro atoms. The number of hydrogen-bond donors (Lipinski definition) is 1. The van der Waals surface area contributed by atoms with Crippen molar-refractivity contribution in [1.29, 1.82) is 5.26 Å². The third kappa shape index (κ3) is 2.33. The van der Waals surface area contributed by atoms with Crippen molar-refractivity contribution < 1.29 is 14.6 Å². The van der Waals surface area contributed by atoms with Gasteiger partial charge in [-0.2, -0.15) is 5.26 Å². The van der Waals surface area contributed by atoms with E-state index in [-0.39, 0.29) is 11.2 Å². The van der Waals surface area contributed by atoms with Gasteiger partial charge in [-0.05, 0) is 32.3 Å². The van der Waals surface area contributed by atoms with Crippen molar-refractivity contribution in [2.45, 2.75) is 32.3 Å². The molecule has 76 valence electrons. The molecule has 1 aliphatic rings. The molecule has 0 aromatic heterocycles. The first kappa shape index (κ1) is 10.7. The molecule has 4 heteroatoms. The second-order valence-corrected chi connectivity index (χ2v) is 3.93. The molecule has 0 aromatic carbocycles. The molecule has 1 rings (SSSR count). The molecule has 0 aromatic rings. The summed E-state index contributed by atoms with van der Waals surface area (Å²) in [7, 11) is 0. The van der Waals surface area contributed by atoms with Crippen LogP contribution in [0.5, 0.6) is 0 Å². The van der Waals surface area contributed by atoms with E-state index in [1.807, 2.05) is 13.8 Å². The molecule has 1 saturated heterocycles. The van der Waals surface area contributed by atoms with E-state index in [4.69, 9.17) is 15.1 Å². The maximum atomic E-state index is 10.7. The van der Waals surface area contributed by atoms with E-state index >= 15 is 0 Å². The average molecular weight is 195 g/mol. The summed E-state index contributed by atoms with van der Waals surface area (Å²) in [4.78, 5) is 10.7. The summed E-state index contributed by atoms with van der Waals surface area (Å²) in [6, 6.07) is 1.73. The van der Waals surface area contributed by atoms with Crippen molar-refractivity contribution in [2.24, 2.45) is 0 Å². The summed E-state index contributed by atoms with van der Waals surface area (Å²) < 4.78 is 5.43. The molecule has 1 aliphatic heterocycles. The largest absolute Gasteiger partial charge is 0.477 e. The standard InChI is InChI=1S/C10H13NO3/c1-10(2)5-7(3-4-14-10)8(6-11)9(12)13/h3-5H2,1-2H3,(H,12,13). The van der Waals surface area contributed by atoms with E-state index in [1.54, 1.807) is 6.07 Å². The minimum Gasteiger partial charge on any atom is -0.477 e. The zero-order valence-corrected chi connectivity index (χ0v) is 8.33. The fourth-order valence-electron chi connectivity index (χ4n) is 1.60. The van der Waals surface area contributed by atoms with Gasteiger partial charge in [0.05, 0.1) is 12.2 Å². The Labute approximate surface area is 82.8 Å². The Morgan fingerprint density at radius 2 is 2.29 bits per heavy atom. The Bertz CT molecular complexity index is 323. The third-order valence-corrected chi connectivity index (χ3v) is 2.21. The molecule has 0 amide bonds. The number of ether oxygens (including phenoxy) is 1. The highest BCUT2D eigenvalue weighted by atomic mass is 16.5. The van der Waals surface area contributed by atoms with Crippen molar-refractivity contribution in [2.75, 3.05) is 6.61 Å². The van der Waals surface area contributed by atoms with Crippen LogP contribution in [-0.2, 0) is 9.53 Å². The van der Waals surface area contributed by atoms with Crippen LogP contribution in [0.3, 0.4) is 0 Å². The van der Waals surface area contributed by atoms with E-state index in [9.17, 15) is 4.79 Å². The van der Waals surface area contributed by atoms with Gasteiger partial charge in [0.15, 0.2) is 0 Å². The third-order valence-electron chi connectivity index (χ3n) is 2.21. The summed E-state index contributed by atoms with van der Waals surface area (Å²) in [6.07, 6.45) is 1.06. The van der Waals surface area contributed by atoms with Crippen LogP contribution in [-0.4, -0.2) is 23.3 Å².